The second kappa shape index (κ2) is 14.6. The number of nitrogens with zero attached hydrogens (tertiary/aromatic N) is 4. The Morgan fingerprint density at radius 1 is 1.03 bits per heavy atom. The number of hydrogen-bond donors (Lipinski definition) is 2. The van der Waals surface area contributed by atoms with Crippen molar-refractivity contribution in [3.05, 3.63) is 35.4 Å². The molecule has 10 heteroatoms. The van der Waals surface area contributed by atoms with Crippen LogP contribution in [-0.4, -0.2) is 92.6 Å². The lowest BCUT2D eigenvalue weighted by Gasteiger charge is -2.42. The van der Waals surface area contributed by atoms with Gasteiger partial charge in [0.1, 0.15) is 12.2 Å². The Hall–Kier alpha value is -1.53. The lowest BCUT2D eigenvalue weighted by molar-refractivity contribution is -0.654. The van der Waals surface area contributed by atoms with E-state index in [4.69, 9.17) is 29.5 Å². The Morgan fingerprint density at radius 2 is 1.66 bits per heavy atom. The third-order valence-electron chi connectivity index (χ3n) is 5.17. The summed E-state index contributed by atoms with van der Waals surface area (Å²) in [6.07, 6.45) is 10.3. The van der Waals surface area contributed by atoms with Gasteiger partial charge in [0.05, 0.1) is 70.6 Å². The molecule has 1 aliphatic carbocycles. The van der Waals surface area contributed by atoms with E-state index in [2.05, 4.69) is 36.0 Å². The molecule has 9 nitrogen and oxygen atoms in total. The molecule has 0 amide bonds. The smallest absolute Gasteiger partial charge is 0.394 e. The van der Waals surface area contributed by atoms with Crippen molar-refractivity contribution < 1.29 is 29.0 Å². The maximum Gasteiger partial charge on any atom is 0.408 e. The molecule has 2 N–H and O–H groups in total. The second-order valence-corrected chi connectivity index (χ2v) is 8.85. The average molecular weight is 470 g/mol. The number of aliphatic hydroxyl groups is 2. The van der Waals surface area contributed by atoms with E-state index in [-0.39, 0.29) is 19.3 Å². The highest BCUT2D eigenvalue weighted by Gasteiger charge is 2.39. The van der Waals surface area contributed by atoms with Gasteiger partial charge in [0.2, 0.25) is 0 Å². The first-order valence-electron chi connectivity index (χ1n) is 10.9. The van der Waals surface area contributed by atoms with Crippen molar-refractivity contribution in [2.45, 2.75) is 25.4 Å². The van der Waals surface area contributed by atoms with Gasteiger partial charge in [-0.15, -0.1) is 0 Å². The molecule has 1 aromatic rings. The summed E-state index contributed by atoms with van der Waals surface area (Å²) in [5, 5.41) is 27.9. The molecule has 0 radical (unpaired) electrons. The molecule has 1 aromatic heterocycles. The minimum absolute atomic E-state index is 0.00491. The van der Waals surface area contributed by atoms with Crippen molar-refractivity contribution in [1.29, 1.82) is 0 Å². The number of thiazole rings is 1. The standard InChI is InChI=1S/C22H37N4O5S/c1-19-18-25(3)21(32-19)24-23-20-6-4-5-7-22(20,2)26(8-12-29-14-10-27)9-13-30-16-17-31-15-11-28/h4-7,18,20,27-28H,8-17H2,1-3H3/q+1. The van der Waals surface area contributed by atoms with E-state index in [9.17, 15) is 0 Å². The number of azo groups is 1. The predicted molar refractivity (Wildman–Crippen MR) is 123 cm³/mol. The van der Waals surface area contributed by atoms with Gasteiger partial charge in [-0.1, -0.05) is 29.4 Å². The van der Waals surface area contributed by atoms with Crippen LogP contribution >= 0.6 is 11.3 Å². The molecular formula is C22H37N4O5S+. The maximum atomic E-state index is 9.00. The summed E-state index contributed by atoms with van der Waals surface area (Å²) in [7, 11) is 1.97. The van der Waals surface area contributed by atoms with Crippen molar-refractivity contribution in [2.24, 2.45) is 17.3 Å². The van der Waals surface area contributed by atoms with Crippen LogP contribution in [0, 0.1) is 6.92 Å². The van der Waals surface area contributed by atoms with Crippen molar-refractivity contribution >= 4 is 16.5 Å². The molecule has 0 saturated carbocycles. The third kappa shape index (κ3) is 8.43. The van der Waals surface area contributed by atoms with Crippen molar-refractivity contribution in [1.82, 2.24) is 4.90 Å². The van der Waals surface area contributed by atoms with Gasteiger partial charge in [-0.25, -0.2) is 4.57 Å². The summed E-state index contributed by atoms with van der Waals surface area (Å²) >= 11 is 1.61. The van der Waals surface area contributed by atoms with Crippen LogP contribution < -0.4 is 4.57 Å². The quantitative estimate of drug-likeness (QED) is 0.217. The van der Waals surface area contributed by atoms with E-state index in [1.807, 2.05) is 30.0 Å². The molecule has 1 aliphatic rings. The van der Waals surface area contributed by atoms with Gasteiger partial charge in [-0.2, -0.15) is 0 Å². The highest BCUT2D eigenvalue weighted by molar-refractivity contribution is 7.14. The molecule has 0 saturated heterocycles. The zero-order chi connectivity index (χ0) is 23.2. The van der Waals surface area contributed by atoms with E-state index < -0.39 is 5.54 Å². The summed E-state index contributed by atoms with van der Waals surface area (Å²) in [4.78, 5) is 3.47. The molecule has 0 aromatic carbocycles. The Morgan fingerprint density at radius 3 is 2.25 bits per heavy atom. The van der Waals surface area contributed by atoms with Gasteiger partial charge in [0.15, 0.2) is 0 Å². The van der Waals surface area contributed by atoms with Crippen molar-refractivity contribution in [3.63, 3.8) is 0 Å². The number of hydrogen-bond acceptors (Lipinski definition) is 9. The number of rotatable bonds is 16. The van der Waals surface area contributed by atoms with Gasteiger partial charge in [0, 0.05) is 18.0 Å². The predicted octanol–water partition coefficient (Wildman–Crippen LogP) is 1.55. The van der Waals surface area contributed by atoms with E-state index in [1.54, 1.807) is 11.3 Å². The van der Waals surface area contributed by atoms with Gasteiger partial charge in [0.25, 0.3) is 0 Å². The second-order valence-electron chi connectivity index (χ2n) is 7.64. The molecule has 1 heterocycles. The molecule has 32 heavy (non-hydrogen) atoms. The number of allylic oxidation sites excluding steroid dienone is 2. The minimum Gasteiger partial charge on any atom is -0.394 e. The summed E-state index contributed by atoms with van der Waals surface area (Å²) in [6.45, 7) is 8.14. The molecule has 2 unspecified atom stereocenters. The third-order valence-corrected chi connectivity index (χ3v) is 6.15. The average Bonchev–Trinajstić information content (AvgIpc) is 3.10. The maximum absolute atomic E-state index is 9.00. The van der Waals surface area contributed by atoms with Gasteiger partial charge in [-0.3, -0.25) is 4.90 Å². The molecule has 2 rings (SSSR count). The van der Waals surface area contributed by atoms with Crippen LogP contribution in [0.2, 0.25) is 0 Å². The lowest BCUT2D eigenvalue weighted by atomic mass is 9.86. The van der Waals surface area contributed by atoms with Crippen LogP contribution in [0.5, 0.6) is 0 Å². The molecule has 0 spiro atoms. The summed E-state index contributed by atoms with van der Waals surface area (Å²) < 4.78 is 18.5. The first kappa shape index (κ1) is 26.7. The summed E-state index contributed by atoms with van der Waals surface area (Å²) in [6, 6.07) is -0.166. The number of aromatic nitrogens is 1. The van der Waals surface area contributed by atoms with Gasteiger partial charge < -0.3 is 24.4 Å². The Bertz CT molecular complexity index is 755. The molecule has 180 valence electrons. The fourth-order valence-corrected chi connectivity index (χ4v) is 4.21. The van der Waals surface area contributed by atoms with E-state index in [0.29, 0.717) is 52.7 Å². The summed E-state index contributed by atoms with van der Waals surface area (Å²) in [5.41, 5.74) is -0.400. The molecule has 2 atom stereocenters. The van der Waals surface area contributed by atoms with Crippen LogP contribution in [0.4, 0.5) is 5.13 Å². The fourth-order valence-electron chi connectivity index (χ4n) is 3.43. The zero-order valence-electron chi connectivity index (χ0n) is 19.4. The molecular weight excluding hydrogens is 432 g/mol. The van der Waals surface area contributed by atoms with Gasteiger partial charge in [-0.05, 0) is 25.2 Å². The van der Waals surface area contributed by atoms with Crippen LogP contribution in [0.3, 0.4) is 0 Å². The molecule has 0 aliphatic heterocycles. The molecule has 0 bridgehead atoms. The zero-order valence-corrected chi connectivity index (χ0v) is 20.2. The molecule has 0 fully saturated rings. The number of ether oxygens (including phenoxy) is 3. The number of aliphatic hydroxyl groups excluding tert-OH is 2. The summed E-state index contributed by atoms with van der Waals surface area (Å²) in [5.74, 6) is 0. The minimum atomic E-state index is -0.400. The van der Waals surface area contributed by atoms with Crippen LogP contribution in [-0.2, 0) is 21.3 Å². The Labute approximate surface area is 194 Å². The first-order chi connectivity index (χ1) is 15.5. The van der Waals surface area contributed by atoms with Crippen LogP contribution in [0.1, 0.15) is 11.8 Å². The highest BCUT2D eigenvalue weighted by atomic mass is 32.1. The monoisotopic (exact) mass is 469 g/mol. The van der Waals surface area contributed by atoms with Crippen LogP contribution in [0.15, 0.2) is 40.7 Å². The number of aryl methyl sites for hydroxylation is 2. The van der Waals surface area contributed by atoms with E-state index >= 15 is 0 Å². The van der Waals surface area contributed by atoms with Crippen LogP contribution in [0.25, 0.3) is 0 Å². The largest absolute Gasteiger partial charge is 0.408 e. The van der Waals surface area contributed by atoms with E-state index in [0.717, 1.165) is 5.13 Å². The van der Waals surface area contributed by atoms with E-state index in [1.165, 1.54) is 4.88 Å². The lowest BCUT2D eigenvalue weighted by Crippen LogP contribution is -2.54. The van der Waals surface area contributed by atoms with Gasteiger partial charge >= 0.3 is 5.13 Å². The van der Waals surface area contributed by atoms with Crippen molar-refractivity contribution in [2.75, 3.05) is 65.9 Å². The fraction of sp³-hybridized carbons (Fsp3) is 0.682. The highest BCUT2D eigenvalue weighted by Crippen LogP contribution is 2.29. The Kier molecular flexibility index (Phi) is 12.2. The Balaban J connectivity index is 2.05. The topological polar surface area (TPSA) is 100.0 Å². The normalized spacial score (nSPS) is 20.8. The van der Waals surface area contributed by atoms with Crippen molar-refractivity contribution in [3.8, 4) is 0 Å². The SMILES string of the molecule is Cc1c[n+](C)c(/N=N/C2C=CC=CC2(C)N(CCOCCO)CCOCCOCCO)s1. The first-order valence-corrected chi connectivity index (χ1v) is 11.8.